The van der Waals surface area contributed by atoms with Crippen LogP contribution in [0.4, 0.5) is 13.2 Å². The molecule has 2 fully saturated rings. The van der Waals surface area contributed by atoms with Gasteiger partial charge in [0.25, 0.3) is 5.91 Å². The van der Waals surface area contributed by atoms with Crippen LogP contribution in [0.3, 0.4) is 0 Å². The Morgan fingerprint density at radius 2 is 1.44 bits per heavy atom. The van der Waals surface area contributed by atoms with Crippen molar-refractivity contribution < 1.29 is 23.1 Å². The largest absolute Gasteiger partial charge is 0.421 e. The van der Waals surface area contributed by atoms with Gasteiger partial charge in [0.15, 0.2) is 5.60 Å². The molecule has 1 amide bonds. The average Bonchev–Trinajstić information content (AvgIpc) is 3.60. The van der Waals surface area contributed by atoms with E-state index in [9.17, 15) is 23.1 Å². The third-order valence-corrected chi connectivity index (χ3v) is 7.00. The van der Waals surface area contributed by atoms with Gasteiger partial charge in [0, 0.05) is 17.6 Å². The van der Waals surface area contributed by atoms with Gasteiger partial charge in [0.2, 0.25) is 0 Å². The lowest BCUT2D eigenvalue weighted by Crippen LogP contribution is -2.44. The summed E-state index contributed by atoms with van der Waals surface area (Å²) in [6.07, 6.45) is 2.31. The summed E-state index contributed by atoms with van der Waals surface area (Å²) in [5.74, 6) is 0.505. The second-order valence-electron chi connectivity index (χ2n) is 9.46. The van der Waals surface area contributed by atoms with Crippen molar-refractivity contribution in [3.8, 4) is 0 Å². The molecule has 0 aromatic heterocycles. The fourth-order valence-electron chi connectivity index (χ4n) is 4.81. The molecule has 4 rings (SSSR count). The van der Waals surface area contributed by atoms with Gasteiger partial charge in [0.05, 0.1) is 0 Å². The highest BCUT2D eigenvalue weighted by Gasteiger charge is 2.51. The quantitative estimate of drug-likeness (QED) is 0.605. The predicted molar refractivity (Wildman–Crippen MR) is 117 cm³/mol. The van der Waals surface area contributed by atoms with E-state index in [1.807, 2.05) is 11.0 Å². The van der Waals surface area contributed by atoms with Gasteiger partial charge in [-0.25, -0.2) is 0 Å². The summed E-state index contributed by atoms with van der Waals surface area (Å²) in [5.41, 5.74) is -1.48. The molecule has 32 heavy (non-hydrogen) atoms. The molecule has 0 heterocycles. The summed E-state index contributed by atoms with van der Waals surface area (Å²) in [4.78, 5) is 15.3. The second kappa shape index (κ2) is 8.89. The smallest absolute Gasteiger partial charge is 0.376 e. The number of hydrogen-bond donors (Lipinski definition) is 1. The van der Waals surface area contributed by atoms with E-state index in [1.165, 1.54) is 29.8 Å². The number of alkyl halides is 3. The zero-order valence-electron chi connectivity index (χ0n) is 18.3. The topological polar surface area (TPSA) is 40.5 Å². The number of amides is 1. The summed E-state index contributed by atoms with van der Waals surface area (Å²) < 4.78 is 39.3. The summed E-state index contributed by atoms with van der Waals surface area (Å²) >= 11 is 0. The van der Waals surface area contributed by atoms with E-state index >= 15 is 0 Å². The molecule has 0 radical (unpaired) electrons. The molecular formula is C26H30F3NO2. The number of carbonyl (C=O) groups excluding carboxylic acids is 1. The Morgan fingerprint density at radius 1 is 0.906 bits per heavy atom. The minimum atomic E-state index is -4.78. The maximum Gasteiger partial charge on any atom is 0.421 e. The number of halogens is 3. The van der Waals surface area contributed by atoms with Gasteiger partial charge in [-0.15, -0.1) is 0 Å². The lowest BCUT2D eigenvalue weighted by Gasteiger charge is -2.37. The maximum absolute atomic E-state index is 13.3. The van der Waals surface area contributed by atoms with Crippen LogP contribution in [0.1, 0.15) is 66.9 Å². The van der Waals surface area contributed by atoms with Crippen LogP contribution in [-0.2, 0) is 12.0 Å². The molecule has 2 aromatic rings. The van der Waals surface area contributed by atoms with Crippen molar-refractivity contribution in [1.29, 1.82) is 0 Å². The molecule has 0 bridgehead atoms. The minimum absolute atomic E-state index is 0.114. The summed E-state index contributed by atoms with van der Waals surface area (Å²) in [6.45, 7) is 0.730. The number of nitrogens with zero attached hydrogens (tertiary/aromatic N) is 1. The molecule has 2 aliphatic carbocycles. The van der Waals surface area contributed by atoms with Crippen LogP contribution in [0.2, 0.25) is 0 Å². The highest BCUT2D eigenvalue weighted by Crippen LogP contribution is 2.40. The van der Waals surface area contributed by atoms with Crippen LogP contribution in [0, 0.1) is 5.92 Å². The van der Waals surface area contributed by atoms with Crippen LogP contribution in [0.5, 0.6) is 0 Å². The zero-order chi connectivity index (χ0) is 22.9. The Balaban J connectivity index is 1.42. The summed E-state index contributed by atoms with van der Waals surface area (Å²) in [7, 11) is 0. The van der Waals surface area contributed by atoms with Gasteiger partial charge in [-0.2, -0.15) is 13.2 Å². The SMILES string of the molecule is C[C@](O)(c1ccc(C(=O)N(C2CC2)[C@H]2CC[C@@H](Cc3ccccc3)CC2)cc1)C(F)(F)F. The van der Waals surface area contributed by atoms with Gasteiger partial charge >= 0.3 is 6.18 Å². The van der Waals surface area contributed by atoms with Crippen molar-refractivity contribution in [2.24, 2.45) is 5.92 Å². The van der Waals surface area contributed by atoms with Crippen LogP contribution < -0.4 is 0 Å². The van der Waals surface area contributed by atoms with Crippen LogP contribution >= 0.6 is 0 Å². The normalized spacial score (nSPS) is 23.4. The van der Waals surface area contributed by atoms with Crippen molar-refractivity contribution in [1.82, 2.24) is 4.90 Å². The van der Waals surface area contributed by atoms with Crippen molar-refractivity contribution >= 4 is 5.91 Å². The van der Waals surface area contributed by atoms with Crippen molar-refractivity contribution in [2.75, 3.05) is 0 Å². The molecule has 3 nitrogen and oxygen atoms in total. The van der Waals surface area contributed by atoms with Gasteiger partial charge in [-0.05, 0) is 81.0 Å². The van der Waals surface area contributed by atoms with Gasteiger partial charge < -0.3 is 10.0 Å². The Morgan fingerprint density at radius 3 is 1.94 bits per heavy atom. The molecule has 2 aromatic carbocycles. The number of rotatable bonds is 6. The molecule has 0 unspecified atom stereocenters. The van der Waals surface area contributed by atoms with Crippen LogP contribution in [0.25, 0.3) is 0 Å². The zero-order valence-corrected chi connectivity index (χ0v) is 18.3. The lowest BCUT2D eigenvalue weighted by molar-refractivity contribution is -0.258. The molecule has 1 atom stereocenters. The van der Waals surface area contributed by atoms with E-state index in [2.05, 4.69) is 24.3 Å². The minimum Gasteiger partial charge on any atom is -0.376 e. The summed E-state index contributed by atoms with van der Waals surface area (Å²) in [5, 5.41) is 9.87. The highest BCUT2D eigenvalue weighted by molar-refractivity contribution is 5.95. The molecule has 1 N–H and O–H groups in total. The number of aliphatic hydroxyl groups is 1. The highest BCUT2D eigenvalue weighted by atomic mass is 19.4. The number of benzene rings is 2. The first-order chi connectivity index (χ1) is 15.2. The molecule has 6 heteroatoms. The van der Waals surface area contributed by atoms with E-state index in [0.717, 1.165) is 51.9 Å². The molecule has 2 aliphatic rings. The first-order valence-corrected chi connectivity index (χ1v) is 11.4. The average molecular weight is 446 g/mol. The van der Waals surface area contributed by atoms with Gasteiger partial charge in [-0.1, -0.05) is 42.5 Å². The molecule has 0 aliphatic heterocycles. The Kier molecular flexibility index (Phi) is 6.35. The van der Waals surface area contributed by atoms with E-state index in [4.69, 9.17) is 0 Å². The number of carbonyl (C=O) groups is 1. The van der Waals surface area contributed by atoms with Gasteiger partial charge in [0.1, 0.15) is 0 Å². The van der Waals surface area contributed by atoms with E-state index in [0.29, 0.717) is 11.5 Å². The van der Waals surface area contributed by atoms with E-state index in [-0.39, 0.29) is 23.6 Å². The monoisotopic (exact) mass is 445 g/mol. The van der Waals surface area contributed by atoms with Crippen LogP contribution in [0.15, 0.2) is 54.6 Å². The lowest BCUT2D eigenvalue weighted by atomic mass is 9.81. The van der Waals surface area contributed by atoms with Gasteiger partial charge in [-0.3, -0.25) is 4.79 Å². The molecule has 0 saturated heterocycles. The second-order valence-corrected chi connectivity index (χ2v) is 9.46. The van der Waals surface area contributed by atoms with E-state index < -0.39 is 11.8 Å². The Labute approximate surface area is 187 Å². The first-order valence-electron chi connectivity index (χ1n) is 11.4. The third-order valence-electron chi connectivity index (χ3n) is 7.00. The van der Waals surface area contributed by atoms with E-state index in [1.54, 1.807) is 0 Å². The fraction of sp³-hybridized carbons (Fsp3) is 0.500. The fourth-order valence-corrected chi connectivity index (χ4v) is 4.81. The number of hydrogen-bond acceptors (Lipinski definition) is 2. The van der Waals surface area contributed by atoms with Crippen molar-refractivity contribution in [2.45, 2.75) is 75.7 Å². The predicted octanol–water partition coefficient (Wildman–Crippen LogP) is 5.86. The third kappa shape index (κ3) is 4.85. The molecule has 2 saturated carbocycles. The molecule has 0 spiro atoms. The van der Waals surface area contributed by atoms with Crippen LogP contribution in [-0.4, -0.2) is 34.2 Å². The Bertz CT molecular complexity index is 912. The standard InChI is InChI=1S/C26H30F3NO2/c1-25(32,26(27,28)29)21-11-9-20(10-12-21)24(31)30(23-15-16-23)22-13-7-19(8-14-22)17-18-5-3-2-4-6-18/h2-6,9-12,19,22-23,32H,7-8,13-17H2,1H3/t19-,22+,25-/m0/s1. The molecule has 172 valence electrons. The summed E-state index contributed by atoms with van der Waals surface area (Å²) in [6, 6.07) is 16.1. The van der Waals surface area contributed by atoms with Crippen molar-refractivity contribution in [3.63, 3.8) is 0 Å². The molecular weight excluding hydrogens is 415 g/mol. The maximum atomic E-state index is 13.3. The first kappa shape index (κ1) is 22.8. The Hall–Kier alpha value is -2.34. The van der Waals surface area contributed by atoms with Crippen molar-refractivity contribution in [3.05, 3.63) is 71.3 Å².